The van der Waals surface area contributed by atoms with Gasteiger partial charge in [0.2, 0.25) is 6.79 Å². The fraction of sp³-hybridized carbons (Fsp3) is 0.478. The number of hydrogen-bond acceptors (Lipinski definition) is 5. The highest BCUT2D eigenvalue weighted by molar-refractivity contribution is 7.92. The Morgan fingerprint density at radius 2 is 1.80 bits per heavy atom. The molecule has 2 heterocycles. The Balaban J connectivity index is 1.69. The van der Waals surface area contributed by atoms with E-state index in [-0.39, 0.29) is 12.8 Å². The average Bonchev–Trinajstić information content (AvgIpc) is 3.17. The van der Waals surface area contributed by atoms with Crippen LogP contribution < -0.4 is 13.8 Å². The second kappa shape index (κ2) is 8.47. The number of rotatable bonds is 6. The first kappa shape index (κ1) is 21.0. The van der Waals surface area contributed by atoms with Gasteiger partial charge in [0.1, 0.15) is 0 Å². The number of nitrogens with zero attached hydrogens (tertiary/aromatic N) is 2. The zero-order valence-corrected chi connectivity index (χ0v) is 18.7. The molecule has 0 aromatic heterocycles. The maximum absolute atomic E-state index is 13.8. The van der Waals surface area contributed by atoms with E-state index >= 15 is 0 Å². The van der Waals surface area contributed by atoms with Crippen molar-refractivity contribution in [1.29, 1.82) is 0 Å². The number of anilines is 1. The first-order chi connectivity index (χ1) is 14.3. The van der Waals surface area contributed by atoms with Crippen LogP contribution in [0.5, 0.6) is 11.5 Å². The molecule has 1 saturated heterocycles. The lowest BCUT2D eigenvalue weighted by Crippen LogP contribution is -2.48. The first-order valence-electron chi connectivity index (χ1n) is 10.6. The molecule has 4 rings (SSSR count). The van der Waals surface area contributed by atoms with E-state index in [2.05, 4.69) is 18.7 Å². The van der Waals surface area contributed by atoms with E-state index in [0.717, 1.165) is 38.0 Å². The summed E-state index contributed by atoms with van der Waals surface area (Å²) >= 11 is 0. The Morgan fingerprint density at radius 1 is 1.07 bits per heavy atom. The van der Waals surface area contributed by atoms with Crippen molar-refractivity contribution >= 4 is 15.7 Å². The summed E-state index contributed by atoms with van der Waals surface area (Å²) in [4.78, 5) is 2.75. The molecule has 0 bridgehead atoms. The zero-order chi connectivity index (χ0) is 21.3. The molecule has 2 aliphatic rings. The van der Waals surface area contributed by atoms with Crippen molar-refractivity contribution in [2.75, 3.05) is 30.7 Å². The maximum atomic E-state index is 13.8. The van der Waals surface area contributed by atoms with Crippen molar-refractivity contribution < 1.29 is 17.9 Å². The number of sulfonamides is 1. The van der Waals surface area contributed by atoms with E-state index in [4.69, 9.17) is 9.47 Å². The highest BCUT2D eigenvalue weighted by Crippen LogP contribution is 2.39. The normalized spacial score (nSPS) is 17.5. The SMILES string of the molecule is Cc1cccc(S(=O)(=O)N(c2ccc3c(c2)OCO3)C2CCN(CC(C)C)CC2)c1. The molecular weight excluding hydrogens is 400 g/mol. The van der Waals surface area contributed by atoms with Gasteiger partial charge >= 0.3 is 0 Å². The summed E-state index contributed by atoms with van der Waals surface area (Å²) in [5, 5.41) is 0. The minimum Gasteiger partial charge on any atom is -0.454 e. The Hall–Kier alpha value is -2.25. The molecule has 162 valence electrons. The van der Waals surface area contributed by atoms with Gasteiger partial charge in [-0.15, -0.1) is 0 Å². The number of benzene rings is 2. The predicted molar refractivity (Wildman–Crippen MR) is 118 cm³/mol. The largest absolute Gasteiger partial charge is 0.454 e. The third-order valence-corrected chi connectivity index (χ3v) is 7.55. The molecule has 6 nitrogen and oxygen atoms in total. The van der Waals surface area contributed by atoms with Crippen LogP contribution in [0.25, 0.3) is 0 Å². The van der Waals surface area contributed by atoms with Gasteiger partial charge in [-0.3, -0.25) is 4.31 Å². The summed E-state index contributed by atoms with van der Waals surface area (Å²) in [7, 11) is -3.72. The molecule has 0 saturated carbocycles. The van der Waals surface area contributed by atoms with Gasteiger partial charge in [0.25, 0.3) is 10.0 Å². The molecule has 0 atom stereocenters. The summed E-state index contributed by atoms with van der Waals surface area (Å²) < 4.78 is 40.1. The molecule has 0 N–H and O–H groups in total. The molecule has 0 unspecified atom stereocenters. The number of hydrogen-bond donors (Lipinski definition) is 0. The third kappa shape index (κ3) is 4.27. The van der Waals surface area contributed by atoms with Crippen molar-refractivity contribution in [3.05, 3.63) is 48.0 Å². The van der Waals surface area contributed by atoms with Gasteiger partial charge in [-0.2, -0.15) is 0 Å². The summed E-state index contributed by atoms with van der Waals surface area (Å²) in [5.74, 6) is 1.84. The predicted octanol–water partition coefficient (Wildman–Crippen LogP) is 4.04. The van der Waals surface area contributed by atoms with Crippen LogP contribution in [0, 0.1) is 12.8 Å². The zero-order valence-electron chi connectivity index (χ0n) is 17.9. The molecule has 1 fully saturated rings. The monoisotopic (exact) mass is 430 g/mol. The van der Waals surface area contributed by atoms with Crippen LogP contribution >= 0.6 is 0 Å². The minimum absolute atomic E-state index is 0.0979. The lowest BCUT2D eigenvalue weighted by Gasteiger charge is -2.39. The summed E-state index contributed by atoms with van der Waals surface area (Å²) in [6, 6.07) is 12.4. The topological polar surface area (TPSA) is 59.1 Å². The Morgan fingerprint density at radius 3 is 2.50 bits per heavy atom. The van der Waals surface area contributed by atoms with Gasteiger partial charge in [0, 0.05) is 31.7 Å². The van der Waals surface area contributed by atoms with Crippen LogP contribution in [0.1, 0.15) is 32.3 Å². The Kier molecular flexibility index (Phi) is 5.93. The van der Waals surface area contributed by atoms with Crippen LogP contribution in [0.2, 0.25) is 0 Å². The highest BCUT2D eigenvalue weighted by atomic mass is 32.2. The number of likely N-dealkylation sites (tertiary alicyclic amines) is 1. The van der Waals surface area contributed by atoms with E-state index in [1.807, 2.05) is 19.1 Å². The molecule has 0 amide bonds. The summed E-state index contributed by atoms with van der Waals surface area (Å²) in [6.07, 6.45) is 1.60. The fourth-order valence-electron chi connectivity index (χ4n) is 4.31. The van der Waals surface area contributed by atoms with E-state index in [1.54, 1.807) is 34.6 Å². The van der Waals surface area contributed by atoms with Crippen molar-refractivity contribution in [1.82, 2.24) is 4.90 Å². The molecular formula is C23H30N2O4S. The molecule has 2 aliphatic heterocycles. The molecule has 2 aromatic carbocycles. The lowest BCUT2D eigenvalue weighted by molar-refractivity contribution is 0.174. The number of fused-ring (bicyclic) bond motifs is 1. The molecule has 0 aliphatic carbocycles. The van der Waals surface area contributed by atoms with Crippen molar-refractivity contribution in [3.63, 3.8) is 0 Å². The van der Waals surface area contributed by atoms with E-state index in [1.165, 1.54) is 0 Å². The second-order valence-electron chi connectivity index (χ2n) is 8.58. The van der Waals surface area contributed by atoms with Crippen molar-refractivity contribution in [2.24, 2.45) is 5.92 Å². The quantitative estimate of drug-likeness (QED) is 0.692. The number of piperidine rings is 1. The summed E-state index contributed by atoms with van der Waals surface area (Å²) in [5.41, 5.74) is 1.55. The molecule has 7 heteroatoms. The van der Waals surface area contributed by atoms with Crippen molar-refractivity contribution in [2.45, 2.75) is 44.6 Å². The summed E-state index contributed by atoms with van der Waals surface area (Å²) in [6.45, 7) is 9.34. The van der Waals surface area contributed by atoms with Crippen LogP contribution in [-0.2, 0) is 10.0 Å². The first-order valence-corrected chi connectivity index (χ1v) is 12.0. The van der Waals surface area contributed by atoms with Crippen molar-refractivity contribution in [3.8, 4) is 11.5 Å². The minimum atomic E-state index is -3.72. The van der Waals surface area contributed by atoms with Gasteiger partial charge in [-0.1, -0.05) is 26.0 Å². The van der Waals surface area contributed by atoms with Gasteiger partial charge in [0.05, 0.1) is 10.6 Å². The van der Waals surface area contributed by atoms with E-state index < -0.39 is 10.0 Å². The standard InChI is InChI=1S/C23H30N2O4S/c1-17(2)15-24-11-9-19(10-12-24)25(20-7-8-22-23(14-20)29-16-28-22)30(26,27)21-6-4-5-18(3)13-21/h4-8,13-14,17,19H,9-12,15-16H2,1-3H3. The van der Waals surface area contributed by atoms with Gasteiger partial charge in [0.15, 0.2) is 11.5 Å². The maximum Gasteiger partial charge on any atom is 0.264 e. The Bertz CT molecular complexity index is 998. The number of aryl methyl sites for hydroxylation is 1. The molecule has 30 heavy (non-hydrogen) atoms. The second-order valence-corrected chi connectivity index (χ2v) is 10.4. The van der Waals surface area contributed by atoms with Crippen LogP contribution in [0.15, 0.2) is 47.4 Å². The van der Waals surface area contributed by atoms with Gasteiger partial charge in [-0.05, 0) is 55.5 Å². The van der Waals surface area contributed by atoms with Gasteiger partial charge < -0.3 is 14.4 Å². The van der Waals surface area contributed by atoms with E-state index in [0.29, 0.717) is 28.0 Å². The molecule has 0 radical (unpaired) electrons. The molecule has 0 spiro atoms. The van der Waals surface area contributed by atoms with E-state index in [9.17, 15) is 8.42 Å². The lowest BCUT2D eigenvalue weighted by atomic mass is 10.0. The smallest absolute Gasteiger partial charge is 0.264 e. The number of ether oxygens (including phenoxy) is 2. The van der Waals surface area contributed by atoms with Crippen LogP contribution in [0.3, 0.4) is 0 Å². The third-order valence-electron chi connectivity index (χ3n) is 5.67. The van der Waals surface area contributed by atoms with Crippen LogP contribution in [-0.4, -0.2) is 45.8 Å². The fourth-order valence-corrected chi connectivity index (χ4v) is 6.12. The highest BCUT2D eigenvalue weighted by Gasteiger charge is 2.35. The van der Waals surface area contributed by atoms with Crippen LogP contribution in [0.4, 0.5) is 5.69 Å². The van der Waals surface area contributed by atoms with Gasteiger partial charge in [-0.25, -0.2) is 8.42 Å². The average molecular weight is 431 g/mol. The molecule has 2 aromatic rings. The Labute approximate surface area is 179 Å².